The number of nitrogens with one attached hydrogen (secondary N) is 1. The molecule has 4 saturated carbocycles. The van der Waals surface area contributed by atoms with Gasteiger partial charge in [-0.1, -0.05) is 0 Å². The quantitative estimate of drug-likeness (QED) is 0.911. The molecule has 0 aromatic heterocycles. The maximum Gasteiger partial charge on any atom is 0.387 e. The molecule has 4 aliphatic carbocycles. The van der Waals surface area contributed by atoms with E-state index in [0.717, 1.165) is 37.0 Å². The third-order valence-corrected chi connectivity index (χ3v) is 5.76. The first-order valence-electron chi connectivity index (χ1n) is 8.39. The van der Waals surface area contributed by atoms with E-state index >= 15 is 0 Å². The molecule has 23 heavy (non-hydrogen) atoms. The van der Waals surface area contributed by atoms with Crippen LogP contribution in [0.2, 0.25) is 0 Å². The van der Waals surface area contributed by atoms with Crippen molar-refractivity contribution in [2.75, 3.05) is 0 Å². The lowest BCUT2D eigenvalue weighted by Crippen LogP contribution is -2.59. The first-order valence-corrected chi connectivity index (χ1v) is 8.39. The number of hydrogen-bond donors (Lipinski definition) is 1. The van der Waals surface area contributed by atoms with Gasteiger partial charge < -0.3 is 10.1 Å². The molecule has 0 atom stereocenters. The number of amides is 1. The monoisotopic (exact) mass is 321 g/mol. The van der Waals surface area contributed by atoms with Gasteiger partial charge in [0.05, 0.1) is 0 Å². The lowest BCUT2D eigenvalue weighted by atomic mass is 9.53. The third kappa shape index (κ3) is 2.93. The van der Waals surface area contributed by atoms with Gasteiger partial charge >= 0.3 is 6.61 Å². The number of halogens is 2. The van der Waals surface area contributed by atoms with Crippen LogP contribution in [0, 0.1) is 17.8 Å². The smallest absolute Gasteiger partial charge is 0.387 e. The van der Waals surface area contributed by atoms with Crippen molar-refractivity contribution in [3.63, 3.8) is 0 Å². The van der Waals surface area contributed by atoms with Gasteiger partial charge in [-0.15, -0.1) is 0 Å². The minimum absolute atomic E-state index is 0.0377. The number of rotatable bonds is 4. The maximum absolute atomic E-state index is 12.6. The van der Waals surface area contributed by atoms with Crippen LogP contribution in [0.5, 0.6) is 5.75 Å². The number of carbonyl (C=O) groups is 1. The fourth-order valence-corrected chi connectivity index (χ4v) is 5.36. The summed E-state index contributed by atoms with van der Waals surface area (Å²) in [6.45, 7) is -2.85. The summed E-state index contributed by atoms with van der Waals surface area (Å²) in [5.41, 5.74) is 0.464. The van der Waals surface area contributed by atoms with Crippen molar-refractivity contribution in [3.05, 3.63) is 29.8 Å². The summed E-state index contributed by atoms with van der Waals surface area (Å²) >= 11 is 0. The maximum atomic E-state index is 12.6. The van der Waals surface area contributed by atoms with Crippen LogP contribution in [-0.2, 0) is 0 Å². The molecule has 0 spiro atoms. The molecule has 0 unspecified atom stereocenters. The average molecular weight is 321 g/mol. The van der Waals surface area contributed by atoms with E-state index < -0.39 is 6.61 Å². The van der Waals surface area contributed by atoms with E-state index in [4.69, 9.17) is 0 Å². The molecule has 1 N–H and O–H groups in total. The van der Waals surface area contributed by atoms with Gasteiger partial charge in [-0.2, -0.15) is 8.78 Å². The zero-order chi connectivity index (χ0) is 16.0. The number of hydrogen-bond acceptors (Lipinski definition) is 2. The Hall–Kier alpha value is -1.65. The first-order chi connectivity index (χ1) is 11.0. The molecule has 0 aliphatic heterocycles. The van der Waals surface area contributed by atoms with Crippen LogP contribution in [0.4, 0.5) is 8.78 Å². The molecule has 4 aliphatic rings. The summed E-state index contributed by atoms with van der Waals surface area (Å²) in [5, 5.41) is 3.27. The van der Waals surface area contributed by atoms with Crippen LogP contribution in [0.1, 0.15) is 48.9 Å². The third-order valence-electron chi connectivity index (χ3n) is 5.76. The SMILES string of the molecule is O=C(NC12CC3CC(CC(C3)C1)C2)c1ccc(OC(F)F)cc1. The Morgan fingerprint density at radius 1 is 1.04 bits per heavy atom. The van der Waals surface area contributed by atoms with Crippen molar-refractivity contribution in [3.8, 4) is 5.75 Å². The molecule has 0 saturated heterocycles. The zero-order valence-corrected chi connectivity index (χ0v) is 12.9. The van der Waals surface area contributed by atoms with Crippen molar-refractivity contribution in [1.82, 2.24) is 5.32 Å². The van der Waals surface area contributed by atoms with Gasteiger partial charge in [0.15, 0.2) is 0 Å². The van der Waals surface area contributed by atoms with E-state index in [0.29, 0.717) is 5.56 Å². The number of ether oxygens (including phenoxy) is 1. The van der Waals surface area contributed by atoms with Crippen LogP contribution in [0.25, 0.3) is 0 Å². The van der Waals surface area contributed by atoms with Crippen LogP contribution in [0.3, 0.4) is 0 Å². The molecule has 1 aromatic rings. The van der Waals surface area contributed by atoms with Crippen molar-refractivity contribution >= 4 is 5.91 Å². The fraction of sp³-hybridized carbons (Fsp3) is 0.611. The highest BCUT2D eigenvalue weighted by Crippen LogP contribution is 2.55. The van der Waals surface area contributed by atoms with Gasteiger partial charge in [-0.05, 0) is 80.5 Å². The molecule has 4 fully saturated rings. The van der Waals surface area contributed by atoms with E-state index in [1.54, 1.807) is 12.1 Å². The lowest BCUT2D eigenvalue weighted by Gasteiger charge is -2.56. The van der Waals surface area contributed by atoms with Gasteiger partial charge in [0, 0.05) is 11.1 Å². The molecule has 5 heteroatoms. The normalized spacial score (nSPS) is 34.7. The second kappa shape index (κ2) is 5.46. The summed E-state index contributed by atoms with van der Waals surface area (Å²) in [6.07, 6.45) is 7.27. The highest BCUT2D eigenvalue weighted by Gasteiger charge is 2.51. The predicted molar refractivity (Wildman–Crippen MR) is 81.4 cm³/mol. The fourth-order valence-electron chi connectivity index (χ4n) is 5.36. The summed E-state index contributed by atoms with van der Waals surface area (Å²) in [7, 11) is 0. The Labute approximate surface area is 134 Å². The number of benzene rings is 1. The highest BCUT2D eigenvalue weighted by atomic mass is 19.3. The summed E-state index contributed by atoms with van der Waals surface area (Å²) in [5.74, 6) is 2.28. The van der Waals surface area contributed by atoms with Crippen molar-refractivity contribution in [2.45, 2.75) is 50.7 Å². The van der Waals surface area contributed by atoms with E-state index in [1.165, 1.54) is 31.4 Å². The molecule has 5 rings (SSSR count). The number of alkyl halides is 2. The van der Waals surface area contributed by atoms with Gasteiger partial charge in [-0.25, -0.2) is 0 Å². The largest absolute Gasteiger partial charge is 0.435 e. The molecule has 0 radical (unpaired) electrons. The van der Waals surface area contributed by atoms with E-state index in [9.17, 15) is 13.6 Å². The lowest BCUT2D eigenvalue weighted by molar-refractivity contribution is -0.0498. The topological polar surface area (TPSA) is 38.3 Å². The van der Waals surface area contributed by atoms with E-state index in [-0.39, 0.29) is 17.2 Å². The predicted octanol–water partition coefficient (Wildman–Crippen LogP) is 3.99. The Balaban J connectivity index is 1.45. The van der Waals surface area contributed by atoms with Gasteiger partial charge in [0.1, 0.15) is 5.75 Å². The average Bonchev–Trinajstić information content (AvgIpc) is 2.45. The summed E-state index contributed by atoms with van der Waals surface area (Å²) in [4.78, 5) is 12.6. The standard InChI is InChI=1S/C18H21F2NO2/c19-17(20)23-15-3-1-14(2-4-15)16(22)21-18-8-11-5-12(9-18)7-13(6-11)10-18/h1-4,11-13,17H,5-10H2,(H,21,22). The van der Waals surface area contributed by atoms with Crippen LogP contribution in [0.15, 0.2) is 24.3 Å². The Bertz CT molecular complexity index is 564. The highest BCUT2D eigenvalue weighted by molar-refractivity contribution is 5.94. The Kier molecular flexibility index (Phi) is 3.54. The first kappa shape index (κ1) is 14.9. The molecular weight excluding hydrogens is 300 g/mol. The van der Waals surface area contributed by atoms with Crippen LogP contribution < -0.4 is 10.1 Å². The second-order valence-electron chi connectivity index (χ2n) is 7.55. The molecule has 124 valence electrons. The number of carbonyl (C=O) groups excluding carboxylic acids is 1. The Morgan fingerprint density at radius 3 is 2.04 bits per heavy atom. The zero-order valence-electron chi connectivity index (χ0n) is 12.9. The molecule has 1 amide bonds. The molecule has 4 bridgehead atoms. The molecule has 3 nitrogen and oxygen atoms in total. The second-order valence-corrected chi connectivity index (χ2v) is 7.55. The molecule has 1 aromatic carbocycles. The van der Waals surface area contributed by atoms with Crippen molar-refractivity contribution in [1.29, 1.82) is 0 Å². The van der Waals surface area contributed by atoms with Crippen molar-refractivity contribution in [2.24, 2.45) is 17.8 Å². The van der Waals surface area contributed by atoms with Gasteiger partial charge in [0.2, 0.25) is 0 Å². The molecule has 0 heterocycles. The van der Waals surface area contributed by atoms with Gasteiger partial charge in [0.25, 0.3) is 5.91 Å². The van der Waals surface area contributed by atoms with Crippen molar-refractivity contribution < 1.29 is 18.3 Å². The van der Waals surface area contributed by atoms with Gasteiger partial charge in [-0.3, -0.25) is 4.79 Å². The summed E-state index contributed by atoms with van der Waals surface area (Å²) in [6, 6.07) is 5.93. The minimum Gasteiger partial charge on any atom is -0.435 e. The molecular formula is C18H21F2NO2. The van der Waals surface area contributed by atoms with E-state index in [2.05, 4.69) is 10.1 Å². The Morgan fingerprint density at radius 2 is 1.57 bits per heavy atom. The van der Waals surface area contributed by atoms with E-state index in [1.807, 2.05) is 0 Å². The van der Waals surface area contributed by atoms with Crippen LogP contribution in [-0.4, -0.2) is 18.1 Å². The minimum atomic E-state index is -2.85. The summed E-state index contributed by atoms with van der Waals surface area (Å²) < 4.78 is 28.7. The van der Waals surface area contributed by atoms with Crippen LogP contribution >= 0.6 is 0 Å².